The summed E-state index contributed by atoms with van der Waals surface area (Å²) in [5.41, 5.74) is 2.75. The largest absolute Gasteiger partial charge is 0.497 e. The monoisotopic (exact) mass is 312 g/mol. The third kappa shape index (κ3) is 4.10. The number of hydrogen-bond donors (Lipinski definition) is 0. The molecule has 0 aliphatic rings. The molecule has 0 unspecified atom stereocenters. The summed E-state index contributed by atoms with van der Waals surface area (Å²) in [6.45, 7) is 4.88. The zero-order valence-electron chi connectivity index (χ0n) is 13.8. The number of ether oxygens (including phenoxy) is 1. The maximum atomic E-state index is 5.62. The van der Waals surface area contributed by atoms with Crippen molar-refractivity contribution in [3.8, 4) is 5.75 Å². The Bertz CT molecular complexity index is 585. The molecule has 116 valence electrons. The van der Waals surface area contributed by atoms with Crippen molar-refractivity contribution in [2.45, 2.75) is 37.9 Å². The van der Waals surface area contributed by atoms with Crippen LogP contribution in [0, 0.1) is 0 Å². The number of rotatable bonds is 8. The minimum Gasteiger partial charge on any atom is -0.497 e. The normalized spacial score (nSPS) is 10.5. The van der Waals surface area contributed by atoms with Gasteiger partial charge in [-0.15, -0.1) is 11.8 Å². The van der Waals surface area contributed by atoms with E-state index >= 15 is 0 Å². The molecule has 0 fully saturated rings. The van der Waals surface area contributed by atoms with Crippen molar-refractivity contribution in [3.05, 3.63) is 48.5 Å². The van der Waals surface area contributed by atoms with Crippen LogP contribution in [0.15, 0.2) is 53.4 Å². The number of unbranched alkanes of at least 4 members (excludes halogenated alkanes) is 1. The van der Waals surface area contributed by atoms with Gasteiger partial charge in [0.1, 0.15) is 5.75 Å². The highest BCUT2D eigenvalue weighted by Gasteiger charge is 2.24. The first-order valence-corrected chi connectivity index (χ1v) is 9.15. The highest BCUT2D eigenvalue weighted by molar-refractivity contribution is 7.99. The SMILES string of the molecule is CCCCB(c1ccccc1OC)c1ccccc1SCC. The summed E-state index contributed by atoms with van der Waals surface area (Å²) in [5, 5.41) is 0. The van der Waals surface area contributed by atoms with E-state index in [9.17, 15) is 0 Å². The second-order valence-electron chi connectivity index (χ2n) is 5.41. The van der Waals surface area contributed by atoms with Crippen molar-refractivity contribution in [1.29, 1.82) is 0 Å². The summed E-state index contributed by atoms with van der Waals surface area (Å²) in [7, 11) is 1.77. The van der Waals surface area contributed by atoms with E-state index in [1.807, 2.05) is 17.8 Å². The van der Waals surface area contributed by atoms with Crippen molar-refractivity contribution >= 4 is 29.4 Å². The van der Waals surface area contributed by atoms with E-state index in [1.165, 1.54) is 28.7 Å². The lowest BCUT2D eigenvalue weighted by atomic mass is 9.38. The van der Waals surface area contributed by atoms with E-state index in [0.29, 0.717) is 6.71 Å². The number of thioether (sulfide) groups is 1. The fourth-order valence-electron chi connectivity index (χ4n) is 2.90. The van der Waals surface area contributed by atoms with Crippen LogP contribution in [0.4, 0.5) is 0 Å². The summed E-state index contributed by atoms with van der Waals surface area (Å²) in [4.78, 5) is 1.40. The first kappa shape index (κ1) is 17.0. The molecule has 0 aliphatic heterocycles. The van der Waals surface area contributed by atoms with E-state index in [0.717, 1.165) is 17.8 Å². The minimum atomic E-state index is 0.409. The van der Waals surface area contributed by atoms with Crippen molar-refractivity contribution in [1.82, 2.24) is 0 Å². The summed E-state index contributed by atoms with van der Waals surface area (Å²) in [5.74, 6) is 2.10. The molecular weight excluding hydrogens is 287 g/mol. The minimum absolute atomic E-state index is 0.409. The Morgan fingerprint density at radius 2 is 1.64 bits per heavy atom. The van der Waals surface area contributed by atoms with Gasteiger partial charge in [-0.05, 0) is 23.3 Å². The molecule has 2 aromatic rings. The Hall–Kier alpha value is -1.35. The molecule has 1 nitrogen and oxygen atoms in total. The molecule has 3 heteroatoms. The first-order valence-electron chi connectivity index (χ1n) is 8.16. The van der Waals surface area contributed by atoms with Gasteiger partial charge in [0, 0.05) is 4.90 Å². The van der Waals surface area contributed by atoms with Crippen LogP contribution < -0.4 is 15.7 Å². The van der Waals surface area contributed by atoms with Crippen LogP contribution >= 0.6 is 11.8 Å². The molecule has 2 aromatic carbocycles. The Morgan fingerprint density at radius 3 is 2.32 bits per heavy atom. The van der Waals surface area contributed by atoms with Gasteiger partial charge in [-0.2, -0.15) is 0 Å². The molecule has 0 aromatic heterocycles. The fourth-order valence-corrected chi connectivity index (χ4v) is 3.76. The molecule has 0 heterocycles. The smallest absolute Gasteiger partial charge is 0.215 e. The number of hydrogen-bond acceptors (Lipinski definition) is 2. The standard InChI is InChI=1S/C19H25BOS/c1-4-6-15-20(16-11-7-9-13-18(16)21-3)17-12-8-10-14-19(17)22-5-2/h7-14H,4-6,15H2,1-3H3. The van der Waals surface area contributed by atoms with Gasteiger partial charge in [0.2, 0.25) is 6.71 Å². The maximum Gasteiger partial charge on any atom is 0.215 e. The molecule has 0 radical (unpaired) electrons. The molecule has 0 saturated carbocycles. The topological polar surface area (TPSA) is 9.23 Å². The number of para-hydroxylation sites is 1. The highest BCUT2D eigenvalue weighted by Crippen LogP contribution is 2.19. The molecule has 2 rings (SSSR count). The molecule has 0 N–H and O–H groups in total. The first-order chi connectivity index (χ1) is 10.8. The van der Waals surface area contributed by atoms with Crippen molar-refractivity contribution in [2.75, 3.05) is 12.9 Å². The van der Waals surface area contributed by atoms with Crippen LogP contribution in [0.3, 0.4) is 0 Å². The average Bonchev–Trinajstić information content (AvgIpc) is 2.57. The quantitative estimate of drug-likeness (QED) is 0.533. The average molecular weight is 312 g/mol. The van der Waals surface area contributed by atoms with Gasteiger partial charge in [-0.3, -0.25) is 0 Å². The van der Waals surface area contributed by atoms with Crippen molar-refractivity contribution < 1.29 is 4.74 Å². The molecule has 0 amide bonds. The second-order valence-corrected chi connectivity index (χ2v) is 6.71. The Morgan fingerprint density at radius 1 is 0.955 bits per heavy atom. The van der Waals surface area contributed by atoms with Crippen molar-refractivity contribution in [2.24, 2.45) is 0 Å². The lowest BCUT2D eigenvalue weighted by molar-refractivity contribution is 0.418. The van der Waals surface area contributed by atoms with Gasteiger partial charge in [0.15, 0.2) is 0 Å². The molecule has 0 atom stereocenters. The second kappa shape index (κ2) is 8.94. The molecule has 0 aliphatic carbocycles. The third-order valence-corrected chi connectivity index (χ3v) is 4.93. The zero-order chi connectivity index (χ0) is 15.8. The lowest BCUT2D eigenvalue weighted by Gasteiger charge is -2.20. The van der Waals surface area contributed by atoms with Gasteiger partial charge < -0.3 is 4.74 Å². The summed E-state index contributed by atoms with van der Waals surface area (Å²) in [6.07, 6.45) is 3.61. The van der Waals surface area contributed by atoms with E-state index in [1.54, 1.807) is 7.11 Å². The van der Waals surface area contributed by atoms with Gasteiger partial charge in [-0.1, -0.05) is 74.9 Å². The predicted molar refractivity (Wildman–Crippen MR) is 101 cm³/mol. The van der Waals surface area contributed by atoms with Gasteiger partial charge in [-0.25, -0.2) is 0 Å². The van der Waals surface area contributed by atoms with Crippen LogP contribution in [0.2, 0.25) is 6.32 Å². The maximum absolute atomic E-state index is 5.62. The summed E-state index contributed by atoms with van der Waals surface area (Å²) >= 11 is 1.93. The summed E-state index contributed by atoms with van der Waals surface area (Å²) in [6, 6.07) is 17.3. The van der Waals surface area contributed by atoms with Crippen LogP contribution in [-0.2, 0) is 0 Å². The Balaban J connectivity index is 2.46. The van der Waals surface area contributed by atoms with Gasteiger partial charge in [0.25, 0.3) is 0 Å². The van der Waals surface area contributed by atoms with Crippen LogP contribution in [-0.4, -0.2) is 19.6 Å². The molecular formula is C19H25BOS. The Kier molecular flexibility index (Phi) is 6.92. The van der Waals surface area contributed by atoms with Crippen LogP contribution in [0.5, 0.6) is 5.75 Å². The summed E-state index contributed by atoms with van der Waals surface area (Å²) < 4.78 is 5.62. The number of methoxy groups -OCH3 is 1. The van der Waals surface area contributed by atoms with E-state index < -0.39 is 0 Å². The van der Waals surface area contributed by atoms with Crippen LogP contribution in [0.25, 0.3) is 0 Å². The third-order valence-electron chi connectivity index (χ3n) is 3.95. The lowest BCUT2D eigenvalue weighted by Crippen LogP contribution is -2.43. The van der Waals surface area contributed by atoms with E-state index in [4.69, 9.17) is 4.74 Å². The molecule has 0 bridgehead atoms. The van der Waals surface area contributed by atoms with E-state index in [-0.39, 0.29) is 0 Å². The molecule has 0 saturated heterocycles. The number of benzene rings is 2. The predicted octanol–water partition coefficient (Wildman–Crippen LogP) is 4.22. The van der Waals surface area contributed by atoms with Crippen LogP contribution in [0.1, 0.15) is 26.7 Å². The fraction of sp³-hybridized carbons (Fsp3) is 0.368. The molecule has 0 spiro atoms. The van der Waals surface area contributed by atoms with E-state index in [2.05, 4.69) is 56.3 Å². The van der Waals surface area contributed by atoms with Crippen molar-refractivity contribution in [3.63, 3.8) is 0 Å². The zero-order valence-corrected chi connectivity index (χ0v) is 14.7. The Labute approximate surface area is 139 Å². The van der Waals surface area contributed by atoms with Gasteiger partial charge >= 0.3 is 0 Å². The molecule has 22 heavy (non-hydrogen) atoms. The van der Waals surface area contributed by atoms with Gasteiger partial charge in [0.05, 0.1) is 7.11 Å². The highest BCUT2D eigenvalue weighted by atomic mass is 32.2.